The Bertz CT molecular complexity index is 425. The predicted molar refractivity (Wildman–Crippen MR) is 85.4 cm³/mol. The first-order chi connectivity index (χ1) is 9.45. The van der Waals surface area contributed by atoms with Gasteiger partial charge in [0.1, 0.15) is 0 Å². The zero-order valence-electron chi connectivity index (χ0n) is 11.2. The van der Waals surface area contributed by atoms with Crippen molar-refractivity contribution in [3.8, 4) is 0 Å². The van der Waals surface area contributed by atoms with E-state index in [-0.39, 0.29) is 17.1 Å². The summed E-state index contributed by atoms with van der Waals surface area (Å²) < 4.78 is 0. The van der Waals surface area contributed by atoms with E-state index in [1.165, 1.54) is 0 Å². The molecule has 0 aliphatic rings. The molecule has 0 saturated carbocycles. The number of hydrogen-bond donors (Lipinski definition) is 4. The van der Waals surface area contributed by atoms with Gasteiger partial charge in [-0.1, -0.05) is 0 Å². The molecule has 2 aromatic rings. The van der Waals surface area contributed by atoms with E-state index in [1.807, 2.05) is 30.3 Å². The van der Waals surface area contributed by atoms with Gasteiger partial charge < -0.3 is 50.8 Å². The van der Waals surface area contributed by atoms with Crippen LogP contribution in [0.1, 0.15) is 22.4 Å². The molecular formula is C14H20FeO4P2-6. The van der Waals surface area contributed by atoms with Crippen molar-refractivity contribution in [1.82, 2.24) is 0 Å². The summed E-state index contributed by atoms with van der Waals surface area (Å²) in [5.74, 6) is 0. The van der Waals surface area contributed by atoms with Crippen molar-refractivity contribution >= 4 is 18.5 Å². The third kappa shape index (κ3) is 6.69. The standard InChI is InChI=1S/C9H15O4P2.C5H5.Fe/c10-8(11)6(14)4-2-1-3-5(4)7(15)9(12)13;1-2-4-5-3-1;/h1-3,6-13H,14-15H2;1-5H;/q-1;-5;. The molecule has 0 aromatic heterocycles. The number of hydrogen-bond acceptors (Lipinski definition) is 4. The van der Waals surface area contributed by atoms with Crippen LogP contribution in [0.4, 0.5) is 0 Å². The largest absolute Gasteiger partial charge is 0.748 e. The van der Waals surface area contributed by atoms with E-state index >= 15 is 0 Å². The maximum atomic E-state index is 9.04. The van der Waals surface area contributed by atoms with E-state index in [0.717, 1.165) is 0 Å². The number of rotatable bonds is 4. The van der Waals surface area contributed by atoms with Crippen molar-refractivity contribution < 1.29 is 37.5 Å². The molecule has 124 valence electrons. The quantitative estimate of drug-likeness (QED) is 0.283. The molecule has 0 bridgehead atoms. The second-order valence-corrected chi connectivity index (χ2v) is 5.71. The van der Waals surface area contributed by atoms with Crippen molar-refractivity contribution in [2.45, 2.75) is 23.9 Å². The molecule has 4 N–H and O–H groups in total. The van der Waals surface area contributed by atoms with Crippen LogP contribution in [0.5, 0.6) is 0 Å². The Kier molecular flexibility index (Phi) is 10.6. The molecule has 2 rings (SSSR count). The Balaban J connectivity index is 0.000000562. The van der Waals surface area contributed by atoms with Crippen molar-refractivity contribution in [2.75, 3.05) is 0 Å². The van der Waals surface area contributed by atoms with Gasteiger partial charge in [0.2, 0.25) is 0 Å². The smallest absolute Gasteiger partial charge is 0.159 e. The van der Waals surface area contributed by atoms with E-state index in [2.05, 4.69) is 18.5 Å². The van der Waals surface area contributed by atoms with E-state index in [1.54, 1.807) is 18.2 Å². The Hall–Kier alpha value is -0.0805. The van der Waals surface area contributed by atoms with Crippen LogP contribution in [0.2, 0.25) is 0 Å². The Morgan fingerprint density at radius 1 is 0.905 bits per heavy atom. The van der Waals surface area contributed by atoms with Gasteiger partial charge in [0, 0.05) is 28.4 Å². The summed E-state index contributed by atoms with van der Waals surface area (Å²) in [7, 11) is 4.63. The van der Waals surface area contributed by atoms with Crippen LogP contribution in [-0.2, 0) is 17.1 Å². The molecule has 0 amide bonds. The fourth-order valence-corrected chi connectivity index (χ4v) is 2.30. The van der Waals surface area contributed by atoms with Crippen molar-refractivity contribution in [1.29, 1.82) is 0 Å². The minimum Gasteiger partial charge on any atom is -0.748 e. The van der Waals surface area contributed by atoms with Gasteiger partial charge >= 0.3 is 0 Å². The molecule has 21 heavy (non-hydrogen) atoms. The van der Waals surface area contributed by atoms with Crippen molar-refractivity contribution in [2.24, 2.45) is 0 Å². The minimum atomic E-state index is -1.48. The van der Waals surface area contributed by atoms with Gasteiger partial charge in [-0.2, -0.15) is 11.6 Å². The average molecular weight is 370 g/mol. The normalized spacial score (nSPS) is 13.3. The first kappa shape index (κ1) is 20.9. The first-order valence-electron chi connectivity index (χ1n) is 6.10. The molecule has 0 fully saturated rings. The summed E-state index contributed by atoms with van der Waals surface area (Å²) >= 11 is 0. The molecular weight excluding hydrogens is 350 g/mol. The average Bonchev–Trinajstić information content (AvgIpc) is 3.10. The van der Waals surface area contributed by atoms with Gasteiger partial charge in [0.05, 0.1) is 0 Å². The van der Waals surface area contributed by atoms with Gasteiger partial charge in [0.25, 0.3) is 0 Å². The maximum absolute atomic E-state index is 9.04. The van der Waals surface area contributed by atoms with Crippen LogP contribution in [-0.4, -0.2) is 33.0 Å². The SMILES string of the molecule is OC(O)C(P)c1ccc[c-]1C(P)C(O)O.[Fe].[cH-]1[cH-][cH-][cH-][cH-]1. The van der Waals surface area contributed by atoms with Gasteiger partial charge in [-0.3, -0.25) is 0 Å². The van der Waals surface area contributed by atoms with E-state index < -0.39 is 23.9 Å². The van der Waals surface area contributed by atoms with Crippen LogP contribution in [0.15, 0.2) is 48.5 Å². The van der Waals surface area contributed by atoms with Crippen LogP contribution < -0.4 is 0 Å². The van der Waals surface area contributed by atoms with Crippen molar-refractivity contribution in [3.63, 3.8) is 0 Å². The van der Waals surface area contributed by atoms with Gasteiger partial charge in [-0.05, 0) is 0 Å². The molecule has 0 aliphatic carbocycles. The first-order valence-corrected chi connectivity index (χ1v) is 7.44. The molecule has 4 nitrogen and oxygen atoms in total. The molecule has 0 aliphatic heterocycles. The minimum absolute atomic E-state index is 0. The Morgan fingerprint density at radius 3 is 1.76 bits per heavy atom. The third-order valence-electron chi connectivity index (χ3n) is 2.80. The molecule has 0 saturated heterocycles. The summed E-state index contributed by atoms with van der Waals surface area (Å²) in [5.41, 5.74) is 0.305. The maximum Gasteiger partial charge on any atom is 0.159 e. The monoisotopic (exact) mass is 370 g/mol. The number of aliphatic hydroxyl groups excluding tert-OH is 2. The molecule has 4 atom stereocenters. The molecule has 0 spiro atoms. The summed E-state index contributed by atoms with van der Waals surface area (Å²) in [4.78, 5) is 0. The Labute approximate surface area is 139 Å². The van der Waals surface area contributed by atoms with Crippen LogP contribution >= 0.6 is 18.5 Å². The topological polar surface area (TPSA) is 80.9 Å². The fraction of sp³-hybridized carbons (Fsp3) is 0.286. The molecule has 0 radical (unpaired) electrons. The fourth-order valence-electron chi connectivity index (χ4n) is 1.70. The van der Waals surface area contributed by atoms with Gasteiger partial charge in [-0.25, -0.2) is 12.1 Å². The van der Waals surface area contributed by atoms with Crippen molar-refractivity contribution in [3.05, 3.63) is 59.7 Å². The van der Waals surface area contributed by atoms with E-state index in [4.69, 9.17) is 20.4 Å². The van der Waals surface area contributed by atoms with E-state index in [9.17, 15) is 0 Å². The predicted octanol–water partition coefficient (Wildman–Crippen LogP) is 1.26. The van der Waals surface area contributed by atoms with Crippen LogP contribution in [0.25, 0.3) is 0 Å². The molecule has 4 unspecified atom stereocenters. The molecule has 7 heteroatoms. The zero-order valence-corrected chi connectivity index (χ0v) is 14.6. The third-order valence-corrected chi connectivity index (χ3v) is 4.21. The van der Waals surface area contributed by atoms with Crippen LogP contribution in [0.3, 0.4) is 0 Å². The Morgan fingerprint density at radius 2 is 1.38 bits per heavy atom. The second-order valence-electron chi connectivity index (χ2n) is 4.28. The molecule has 2 aromatic carbocycles. The van der Waals surface area contributed by atoms with Gasteiger partial charge in [0.15, 0.2) is 12.6 Å². The molecule has 0 heterocycles. The second kappa shape index (κ2) is 10.6. The summed E-state index contributed by atoms with van der Waals surface area (Å²) in [6.07, 6.45) is -2.96. The summed E-state index contributed by atoms with van der Waals surface area (Å²) in [5, 5.41) is 36.2. The zero-order chi connectivity index (χ0) is 15.1. The number of aliphatic hydroxyl groups is 4. The van der Waals surface area contributed by atoms with E-state index in [0.29, 0.717) is 11.1 Å². The summed E-state index contributed by atoms with van der Waals surface area (Å²) in [6, 6.07) is 15.2. The van der Waals surface area contributed by atoms with Gasteiger partial charge in [-0.15, -0.1) is 24.0 Å². The summed E-state index contributed by atoms with van der Waals surface area (Å²) in [6.45, 7) is 0. The van der Waals surface area contributed by atoms with Crippen LogP contribution in [0, 0.1) is 0 Å².